The van der Waals surface area contributed by atoms with Gasteiger partial charge in [0, 0.05) is 5.33 Å². The summed E-state index contributed by atoms with van der Waals surface area (Å²) >= 11 is 3.15. The van der Waals surface area contributed by atoms with Gasteiger partial charge in [-0.3, -0.25) is 0 Å². The Morgan fingerprint density at radius 1 is 1.50 bits per heavy atom. The number of ether oxygens (including phenoxy) is 1. The van der Waals surface area contributed by atoms with E-state index in [9.17, 15) is 8.78 Å². The Balaban J connectivity index is 3.46. The molecular weight excluding hydrogens is 206 g/mol. The summed E-state index contributed by atoms with van der Waals surface area (Å²) in [6.07, 6.45) is -2.38. The standard InChI is InChI=1S/C6H11BrF2O/c1-6(2,4-7)10-3-5(8)9/h5H,3-4H2,1-2H3. The lowest BCUT2D eigenvalue weighted by Crippen LogP contribution is -2.28. The van der Waals surface area contributed by atoms with E-state index < -0.39 is 18.6 Å². The van der Waals surface area contributed by atoms with Crippen LogP contribution in [0.25, 0.3) is 0 Å². The van der Waals surface area contributed by atoms with Crippen LogP contribution >= 0.6 is 15.9 Å². The summed E-state index contributed by atoms with van der Waals surface area (Å²) in [4.78, 5) is 0. The summed E-state index contributed by atoms with van der Waals surface area (Å²) in [6.45, 7) is 3.02. The van der Waals surface area contributed by atoms with Crippen LogP contribution in [0.4, 0.5) is 8.78 Å². The van der Waals surface area contributed by atoms with Crippen molar-refractivity contribution in [1.29, 1.82) is 0 Å². The SMILES string of the molecule is CC(C)(CBr)OCC(F)F. The first kappa shape index (κ1) is 10.3. The largest absolute Gasteiger partial charge is 0.369 e. The molecule has 1 nitrogen and oxygen atoms in total. The molecule has 0 fully saturated rings. The Morgan fingerprint density at radius 2 is 2.00 bits per heavy atom. The van der Waals surface area contributed by atoms with E-state index in [2.05, 4.69) is 15.9 Å². The molecule has 0 saturated carbocycles. The molecule has 0 heterocycles. The highest BCUT2D eigenvalue weighted by Gasteiger charge is 2.18. The Morgan fingerprint density at radius 3 is 2.30 bits per heavy atom. The predicted molar refractivity (Wildman–Crippen MR) is 39.8 cm³/mol. The van der Waals surface area contributed by atoms with Gasteiger partial charge in [-0.05, 0) is 13.8 Å². The van der Waals surface area contributed by atoms with Crippen LogP contribution in [0, 0.1) is 0 Å². The van der Waals surface area contributed by atoms with Gasteiger partial charge in [-0.25, -0.2) is 8.78 Å². The van der Waals surface area contributed by atoms with Crippen molar-refractivity contribution in [2.75, 3.05) is 11.9 Å². The van der Waals surface area contributed by atoms with Crippen molar-refractivity contribution < 1.29 is 13.5 Å². The molecule has 0 bridgehead atoms. The summed E-state index contributed by atoms with van der Waals surface area (Å²) in [7, 11) is 0. The molecule has 0 aliphatic rings. The van der Waals surface area contributed by atoms with E-state index in [1.54, 1.807) is 13.8 Å². The molecule has 0 aliphatic heterocycles. The molecule has 0 aromatic rings. The second-order valence-electron chi connectivity index (χ2n) is 2.60. The van der Waals surface area contributed by atoms with Gasteiger partial charge in [-0.15, -0.1) is 0 Å². The normalized spacial score (nSPS) is 12.6. The van der Waals surface area contributed by atoms with Crippen LogP contribution in [0.5, 0.6) is 0 Å². The lowest BCUT2D eigenvalue weighted by Gasteiger charge is -2.21. The van der Waals surface area contributed by atoms with Crippen LogP contribution < -0.4 is 0 Å². The number of hydrogen-bond donors (Lipinski definition) is 0. The molecule has 0 aliphatic carbocycles. The van der Waals surface area contributed by atoms with Gasteiger partial charge in [0.05, 0.1) is 5.60 Å². The zero-order valence-corrected chi connectivity index (χ0v) is 7.62. The maximum atomic E-state index is 11.6. The van der Waals surface area contributed by atoms with E-state index in [1.165, 1.54) is 0 Å². The quantitative estimate of drug-likeness (QED) is 0.657. The van der Waals surface area contributed by atoms with E-state index in [-0.39, 0.29) is 0 Å². The molecule has 4 heteroatoms. The van der Waals surface area contributed by atoms with Crippen molar-refractivity contribution in [3.8, 4) is 0 Å². The van der Waals surface area contributed by atoms with Crippen LogP contribution in [0.1, 0.15) is 13.8 Å². The third-order valence-corrected chi connectivity index (χ3v) is 2.27. The van der Waals surface area contributed by atoms with Crippen LogP contribution in [0.15, 0.2) is 0 Å². The second-order valence-corrected chi connectivity index (χ2v) is 3.16. The topological polar surface area (TPSA) is 9.23 Å². The van der Waals surface area contributed by atoms with Crippen LogP contribution in [-0.4, -0.2) is 24.0 Å². The van der Waals surface area contributed by atoms with Crippen molar-refractivity contribution >= 4 is 15.9 Å². The van der Waals surface area contributed by atoms with Crippen LogP contribution in [0.3, 0.4) is 0 Å². The first-order chi connectivity index (χ1) is 4.48. The fraction of sp³-hybridized carbons (Fsp3) is 1.00. The Bertz CT molecular complexity index is 95.7. The van der Waals surface area contributed by atoms with E-state index in [0.717, 1.165) is 0 Å². The molecule has 0 rings (SSSR count). The van der Waals surface area contributed by atoms with E-state index in [0.29, 0.717) is 5.33 Å². The van der Waals surface area contributed by atoms with Crippen molar-refractivity contribution in [1.82, 2.24) is 0 Å². The van der Waals surface area contributed by atoms with Gasteiger partial charge in [0.1, 0.15) is 6.61 Å². The average molecular weight is 217 g/mol. The number of alkyl halides is 3. The second kappa shape index (κ2) is 4.23. The summed E-state index contributed by atoms with van der Waals surface area (Å²) in [5.41, 5.74) is -0.490. The molecule has 10 heavy (non-hydrogen) atoms. The van der Waals surface area contributed by atoms with Gasteiger partial charge in [0.15, 0.2) is 0 Å². The highest BCUT2D eigenvalue weighted by atomic mass is 79.9. The minimum Gasteiger partial charge on any atom is -0.369 e. The van der Waals surface area contributed by atoms with Gasteiger partial charge in [0.25, 0.3) is 6.43 Å². The smallest absolute Gasteiger partial charge is 0.261 e. The fourth-order valence-corrected chi connectivity index (χ4v) is 0.489. The van der Waals surface area contributed by atoms with Crippen LogP contribution in [-0.2, 0) is 4.74 Å². The molecule has 0 amide bonds. The van der Waals surface area contributed by atoms with Gasteiger partial charge in [0.2, 0.25) is 0 Å². The van der Waals surface area contributed by atoms with Gasteiger partial charge < -0.3 is 4.74 Å². The first-order valence-corrected chi connectivity index (χ1v) is 4.08. The summed E-state index contributed by atoms with van der Waals surface area (Å²) in [6, 6.07) is 0. The third kappa shape index (κ3) is 5.11. The number of halogens is 3. The first-order valence-electron chi connectivity index (χ1n) is 2.96. The molecule has 0 aromatic carbocycles. The summed E-state index contributed by atoms with van der Waals surface area (Å²) in [5, 5.41) is 0.562. The zero-order valence-electron chi connectivity index (χ0n) is 6.03. The summed E-state index contributed by atoms with van der Waals surface area (Å²) in [5.74, 6) is 0. The molecular formula is C6H11BrF2O. The Labute approximate surface area is 67.9 Å². The fourth-order valence-electron chi connectivity index (χ4n) is 0.327. The Kier molecular flexibility index (Phi) is 4.36. The highest BCUT2D eigenvalue weighted by Crippen LogP contribution is 2.13. The molecule has 0 saturated heterocycles. The minimum atomic E-state index is -2.38. The lowest BCUT2D eigenvalue weighted by atomic mass is 10.2. The Hall–Kier alpha value is 0.300. The van der Waals surface area contributed by atoms with Gasteiger partial charge in [-0.1, -0.05) is 15.9 Å². The van der Waals surface area contributed by atoms with Crippen molar-refractivity contribution in [2.24, 2.45) is 0 Å². The maximum absolute atomic E-state index is 11.6. The van der Waals surface area contributed by atoms with E-state index >= 15 is 0 Å². The molecule has 62 valence electrons. The van der Waals surface area contributed by atoms with Gasteiger partial charge in [-0.2, -0.15) is 0 Å². The average Bonchev–Trinajstić information content (AvgIpc) is 1.85. The molecule has 0 atom stereocenters. The molecule has 0 N–H and O–H groups in total. The maximum Gasteiger partial charge on any atom is 0.261 e. The molecule has 0 spiro atoms. The van der Waals surface area contributed by atoms with Crippen molar-refractivity contribution in [2.45, 2.75) is 25.9 Å². The van der Waals surface area contributed by atoms with E-state index in [4.69, 9.17) is 4.74 Å². The third-order valence-electron chi connectivity index (χ3n) is 0.922. The molecule has 0 aromatic heterocycles. The van der Waals surface area contributed by atoms with Crippen molar-refractivity contribution in [3.05, 3.63) is 0 Å². The minimum absolute atomic E-state index is 0.488. The van der Waals surface area contributed by atoms with Crippen LogP contribution in [0.2, 0.25) is 0 Å². The monoisotopic (exact) mass is 216 g/mol. The van der Waals surface area contributed by atoms with Gasteiger partial charge >= 0.3 is 0 Å². The number of hydrogen-bond acceptors (Lipinski definition) is 1. The predicted octanol–water partition coefficient (Wildman–Crippen LogP) is 2.44. The molecule has 0 unspecified atom stereocenters. The van der Waals surface area contributed by atoms with Crippen molar-refractivity contribution in [3.63, 3.8) is 0 Å². The molecule has 0 radical (unpaired) electrons. The number of rotatable bonds is 4. The van der Waals surface area contributed by atoms with E-state index in [1.807, 2.05) is 0 Å². The highest BCUT2D eigenvalue weighted by molar-refractivity contribution is 9.09. The zero-order chi connectivity index (χ0) is 8.20. The summed E-state index contributed by atoms with van der Waals surface area (Å²) < 4.78 is 28.0. The lowest BCUT2D eigenvalue weighted by molar-refractivity contribution is -0.0570.